The Morgan fingerprint density at radius 1 is 1.13 bits per heavy atom. The zero-order valence-electron chi connectivity index (χ0n) is 17.7. The molecule has 1 aromatic heterocycles. The summed E-state index contributed by atoms with van der Waals surface area (Å²) in [4.78, 5) is 4.74. The Hall–Kier alpha value is -1.94. The van der Waals surface area contributed by atoms with Crippen molar-refractivity contribution in [3.63, 3.8) is 0 Å². The first-order valence-electron chi connectivity index (χ1n) is 10.2. The predicted octanol–water partition coefficient (Wildman–Crippen LogP) is 3.76. The summed E-state index contributed by atoms with van der Waals surface area (Å²) in [6.07, 6.45) is 6.18. The van der Waals surface area contributed by atoms with Crippen LogP contribution in [0.15, 0.2) is 46.0 Å². The lowest BCUT2D eigenvalue weighted by Crippen LogP contribution is -2.43. The average Bonchev–Trinajstić information content (AvgIpc) is 3.29. The van der Waals surface area contributed by atoms with Gasteiger partial charge in [-0.25, -0.2) is 4.99 Å². The summed E-state index contributed by atoms with van der Waals surface area (Å²) < 4.78 is 21.9. The highest BCUT2D eigenvalue weighted by atomic mass is 127. The Morgan fingerprint density at radius 2 is 2.00 bits per heavy atom. The molecule has 2 heterocycles. The van der Waals surface area contributed by atoms with Crippen molar-refractivity contribution in [2.24, 2.45) is 4.99 Å². The van der Waals surface area contributed by atoms with Gasteiger partial charge < -0.3 is 29.3 Å². The van der Waals surface area contributed by atoms with Gasteiger partial charge in [-0.2, -0.15) is 0 Å². The van der Waals surface area contributed by atoms with E-state index < -0.39 is 0 Å². The van der Waals surface area contributed by atoms with Crippen LogP contribution in [0.3, 0.4) is 0 Å². The molecule has 0 aliphatic carbocycles. The maximum absolute atomic E-state index is 5.82. The molecule has 1 aromatic carbocycles. The molecule has 166 valence electrons. The van der Waals surface area contributed by atoms with Crippen molar-refractivity contribution >= 4 is 29.9 Å². The van der Waals surface area contributed by atoms with Gasteiger partial charge in [-0.15, -0.1) is 24.0 Å². The maximum Gasteiger partial charge on any atom is 0.191 e. The topological polar surface area (TPSA) is 77.2 Å². The van der Waals surface area contributed by atoms with Crippen molar-refractivity contribution in [1.82, 2.24) is 10.6 Å². The van der Waals surface area contributed by atoms with Gasteiger partial charge >= 0.3 is 0 Å². The number of nitrogens with one attached hydrogen (secondary N) is 2. The molecule has 3 rings (SSSR count). The Bertz CT molecular complexity index is 762. The molecule has 1 saturated heterocycles. The first kappa shape index (κ1) is 24.3. The van der Waals surface area contributed by atoms with E-state index in [-0.39, 0.29) is 30.1 Å². The summed E-state index contributed by atoms with van der Waals surface area (Å²) in [7, 11) is 3.27. The number of hydrogen-bond donors (Lipinski definition) is 2. The minimum Gasteiger partial charge on any atom is -0.493 e. The second kappa shape index (κ2) is 13.4. The van der Waals surface area contributed by atoms with Crippen LogP contribution < -0.4 is 20.1 Å². The number of hydrogen-bond acceptors (Lipinski definition) is 5. The van der Waals surface area contributed by atoms with Crippen molar-refractivity contribution < 1.29 is 18.6 Å². The molecule has 1 unspecified atom stereocenters. The zero-order valence-corrected chi connectivity index (χ0v) is 20.0. The van der Waals surface area contributed by atoms with Crippen molar-refractivity contribution in [3.05, 3.63) is 47.9 Å². The van der Waals surface area contributed by atoms with Crippen LogP contribution in [0, 0.1) is 0 Å². The number of rotatable bonds is 9. The summed E-state index contributed by atoms with van der Waals surface area (Å²) in [5, 5.41) is 6.80. The van der Waals surface area contributed by atoms with E-state index in [1.807, 2.05) is 30.3 Å². The molecule has 0 amide bonds. The quantitative estimate of drug-likeness (QED) is 0.293. The van der Waals surface area contributed by atoms with Crippen LogP contribution in [0.25, 0.3) is 0 Å². The third-order valence-electron chi connectivity index (χ3n) is 4.88. The molecular formula is C22H32IN3O4. The second-order valence-electron chi connectivity index (χ2n) is 6.98. The molecular weight excluding hydrogens is 497 g/mol. The van der Waals surface area contributed by atoms with E-state index in [4.69, 9.17) is 23.6 Å². The van der Waals surface area contributed by atoms with Gasteiger partial charge in [0.1, 0.15) is 5.76 Å². The Kier molecular flexibility index (Phi) is 10.9. The SMILES string of the molecule is COc1ccc(CN=C(NCCc2ccco2)NCC2CCCCO2)cc1OC.I. The summed E-state index contributed by atoms with van der Waals surface area (Å²) in [6.45, 7) is 2.85. The number of aliphatic imine (C=N–C) groups is 1. The lowest BCUT2D eigenvalue weighted by molar-refractivity contribution is 0.0194. The van der Waals surface area contributed by atoms with Crippen molar-refractivity contribution in [2.75, 3.05) is 33.9 Å². The van der Waals surface area contributed by atoms with Gasteiger partial charge in [0.2, 0.25) is 0 Å². The molecule has 0 radical (unpaired) electrons. The molecule has 2 aromatic rings. The monoisotopic (exact) mass is 529 g/mol. The van der Waals surface area contributed by atoms with Gasteiger partial charge in [0.25, 0.3) is 0 Å². The van der Waals surface area contributed by atoms with Gasteiger partial charge in [-0.3, -0.25) is 0 Å². The molecule has 0 spiro atoms. The Morgan fingerprint density at radius 3 is 2.70 bits per heavy atom. The molecule has 0 bridgehead atoms. The first-order valence-corrected chi connectivity index (χ1v) is 10.2. The lowest BCUT2D eigenvalue weighted by atomic mass is 10.1. The highest BCUT2D eigenvalue weighted by Crippen LogP contribution is 2.27. The molecule has 1 aliphatic rings. The van der Waals surface area contributed by atoms with Gasteiger partial charge in [-0.05, 0) is 49.1 Å². The van der Waals surface area contributed by atoms with E-state index in [1.165, 1.54) is 6.42 Å². The smallest absolute Gasteiger partial charge is 0.191 e. The van der Waals surface area contributed by atoms with Gasteiger partial charge in [0.15, 0.2) is 17.5 Å². The number of guanidine groups is 1. The number of nitrogens with zero attached hydrogens (tertiary/aromatic N) is 1. The molecule has 0 saturated carbocycles. The van der Waals surface area contributed by atoms with E-state index >= 15 is 0 Å². The largest absolute Gasteiger partial charge is 0.493 e. The first-order chi connectivity index (χ1) is 14.3. The maximum atomic E-state index is 5.82. The van der Waals surface area contributed by atoms with Crippen LogP contribution in [-0.2, 0) is 17.7 Å². The van der Waals surface area contributed by atoms with E-state index in [2.05, 4.69) is 10.6 Å². The van der Waals surface area contributed by atoms with Gasteiger partial charge in [-0.1, -0.05) is 6.07 Å². The molecule has 1 aliphatic heterocycles. The number of methoxy groups -OCH3 is 2. The molecule has 7 nitrogen and oxygen atoms in total. The normalized spacial score (nSPS) is 16.5. The minimum atomic E-state index is 0. The Labute approximate surface area is 195 Å². The number of benzene rings is 1. The van der Waals surface area contributed by atoms with Crippen molar-refractivity contribution in [2.45, 2.75) is 38.3 Å². The van der Waals surface area contributed by atoms with Gasteiger partial charge in [0.05, 0.1) is 33.1 Å². The number of halogens is 1. The fourth-order valence-corrected chi connectivity index (χ4v) is 3.26. The fourth-order valence-electron chi connectivity index (χ4n) is 3.26. The van der Waals surface area contributed by atoms with Crippen LogP contribution in [0.2, 0.25) is 0 Å². The standard InChI is InChI=1S/C22H31N3O4.HI/c1-26-20-9-8-17(14-21(20)27-2)15-24-22(23-11-10-18-7-5-13-28-18)25-16-19-6-3-4-12-29-19;/h5,7-9,13-14,19H,3-4,6,10-12,15-16H2,1-2H3,(H2,23,24,25);1H. The number of ether oxygens (including phenoxy) is 3. The zero-order chi connectivity index (χ0) is 20.3. The summed E-state index contributed by atoms with van der Waals surface area (Å²) in [6, 6.07) is 9.73. The van der Waals surface area contributed by atoms with Crippen LogP contribution in [0.5, 0.6) is 11.5 Å². The summed E-state index contributed by atoms with van der Waals surface area (Å²) in [5.74, 6) is 3.13. The highest BCUT2D eigenvalue weighted by Gasteiger charge is 2.14. The minimum absolute atomic E-state index is 0. The van der Waals surface area contributed by atoms with E-state index in [0.29, 0.717) is 18.0 Å². The Balaban J connectivity index is 0.00000320. The van der Waals surface area contributed by atoms with Crippen LogP contribution in [-0.4, -0.2) is 46.0 Å². The molecule has 1 atom stereocenters. The van der Waals surface area contributed by atoms with E-state index in [0.717, 1.165) is 56.2 Å². The average molecular weight is 529 g/mol. The van der Waals surface area contributed by atoms with Crippen LogP contribution in [0.4, 0.5) is 0 Å². The molecule has 30 heavy (non-hydrogen) atoms. The van der Waals surface area contributed by atoms with Crippen LogP contribution in [0.1, 0.15) is 30.6 Å². The summed E-state index contributed by atoms with van der Waals surface area (Å²) >= 11 is 0. The second-order valence-corrected chi connectivity index (χ2v) is 6.98. The van der Waals surface area contributed by atoms with E-state index in [1.54, 1.807) is 20.5 Å². The lowest BCUT2D eigenvalue weighted by Gasteiger charge is -2.23. The van der Waals surface area contributed by atoms with E-state index in [9.17, 15) is 0 Å². The molecule has 1 fully saturated rings. The molecule has 2 N–H and O–H groups in total. The van der Waals surface area contributed by atoms with Crippen molar-refractivity contribution in [1.29, 1.82) is 0 Å². The molecule has 8 heteroatoms. The highest BCUT2D eigenvalue weighted by molar-refractivity contribution is 14.0. The number of furan rings is 1. The third kappa shape index (κ3) is 7.71. The van der Waals surface area contributed by atoms with Crippen LogP contribution >= 0.6 is 24.0 Å². The summed E-state index contributed by atoms with van der Waals surface area (Å²) in [5.41, 5.74) is 1.05. The van der Waals surface area contributed by atoms with Gasteiger partial charge in [0, 0.05) is 26.1 Å². The van der Waals surface area contributed by atoms with Crippen molar-refractivity contribution in [3.8, 4) is 11.5 Å². The predicted molar refractivity (Wildman–Crippen MR) is 128 cm³/mol. The third-order valence-corrected chi connectivity index (χ3v) is 4.88. The fraction of sp³-hybridized carbons (Fsp3) is 0.500.